The van der Waals surface area contributed by atoms with Crippen LogP contribution in [-0.2, 0) is 0 Å². The van der Waals surface area contributed by atoms with Crippen molar-refractivity contribution in [3.63, 3.8) is 0 Å². The minimum absolute atomic E-state index is 0.258. The number of hydrogen-bond acceptors (Lipinski definition) is 7. The molecule has 3 heterocycles. The van der Waals surface area contributed by atoms with Crippen LogP contribution in [0.4, 0.5) is 11.6 Å². The molecule has 3 aromatic heterocycles. The Balaban J connectivity index is 1.43. The van der Waals surface area contributed by atoms with Gasteiger partial charge in [0.2, 0.25) is 0 Å². The van der Waals surface area contributed by atoms with Crippen molar-refractivity contribution in [3.05, 3.63) is 59.6 Å². The first-order chi connectivity index (χ1) is 15.7. The molecule has 0 radical (unpaired) electrons. The lowest BCUT2D eigenvalue weighted by atomic mass is 10.2. The summed E-state index contributed by atoms with van der Waals surface area (Å²) in [6.07, 6.45) is 6.50. The third-order valence-electron chi connectivity index (χ3n) is 5.59. The third-order valence-corrected chi connectivity index (χ3v) is 6.50. The highest BCUT2D eigenvalue weighted by atomic mass is 32.1. The maximum absolute atomic E-state index is 12.7. The van der Waals surface area contributed by atoms with Crippen LogP contribution >= 0.6 is 11.3 Å². The van der Waals surface area contributed by atoms with Crippen LogP contribution in [-0.4, -0.2) is 34.0 Å². The Labute approximate surface area is 189 Å². The summed E-state index contributed by atoms with van der Waals surface area (Å²) in [5.41, 5.74) is 2.21. The summed E-state index contributed by atoms with van der Waals surface area (Å²) in [5.74, 6) is 2.29. The molecule has 1 saturated carbocycles. The molecule has 4 aromatic rings. The zero-order chi connectivity index (χ0) is 21.9. The number of rotatable bonds is 6. The molecule has 1 aliphatic rings. The Bertz CT molecular complexity index is 1270. The number of carbonyl (C=O) groups excluding carboxylic acids is 1. The van der Waals surface area contributed by atoms with E-state index in [0.717, 1.165) is 21.6 Å². The zero-order valence-corrected chi connectivity index (χ0v) is 18.5. The molecule has 0 spiro atoms. The molecular weight excluding hydrogens is 422 g/mol. The van der Waals surface area contributed by atoms with E-state index in [4.69, 9.17) is 14.7 Å². The monoisotopic (exact) mass is 445 g/mol. The molecule has 32 heavy (non-hydrogen) atoms. The van der Waals surface area contributed by atoms with Crippen LogP contribution in [0.25, 0.3) is 21.6 Å². The van der Waals surface area contributed by atoms with Gasteiger partial charge in [0.05, 0.1) is 17.3 Å². The fourth-order valence-electron chi connectivity index (χ4n) is 3.94. The number of nitrogens with one attached hydrogen (secondary N) is 2. The fraction of sp³-hybridized carbons (Fsp3) is 0.250. The van der Waals surface area contributed by atoms with E-state index >= 15 is 0 Å². The standard InChI is InChI=1S/C24H23N5O2S/c1-31-18-8-4-5-16(13-18)24(30)28-20-14-15(9-11-25-20)22-27-19-10-12-32-21(19)23(29-22)26-17-6-2-3-7-17/h4-5,8-14,17H,2-3,6-7H2,1H3,(H,25,28,30)(H,26,27,29). The maximum atomic E-state index is 12.7. The van der Waals surface area contributed by atoms with E-state index in [9.17, 15) is 4.79 Å². The van der Waals surface area contributed by atoms with E-state index in [0.29, 0.717) is 29.0 Å². The Morgan fingerprint density at radius 2 is 2.00 bits per heavy atom. The van der Waals surface area contributed by atoms with Gasteiger partial charge in [-0.3, -0.25) is 4.79 Å². The summed E-state index contributed by atoms with van der Waals surface area (Å²) in [6, 6.07) is 13.1. The number of ether oxygens (including phenoxy) is 1. The van der Waals surface area contributed by atoms with Crippen LogP contribution < -0.4 is 15.4 Å². The second-order valence-electron chi connectivity index (χ2n) is 7.77. The topological polar surface area (TPSA) is 89.0 Å². The number of aromatic nitrogens is 3. The zero-order valence-electron chi connectivity index (χ0n) is 17.7. The number of anilines is 2. The van der Waals surface area contributed by atoms with Gasteiger partial charge in [0, 0.05) is 23.4 Å². The van der Waals surface area contributed by atoms with Crippen LogP contribution in [0.3, 0.4) is 0 Å². The van der Waals surface area contributed by atoms with Crippen molar-refractivity contribution in [2.45, 2.75) is 31.7 Å². The molecule has 1 fully saturated rings. The first-order valence-corrected chi connectivity index (χ1v) is 11.5. The van der Waals surface area contributed by atoms with Gasteiger partial charge in [-0.15, -0.1) is 11.3 Å². The van der Waals surface area contributed by atoms with E-state index in [1.807, 2.05) is 17.5 Å². The Kier molecular flexibility index (Phi) is 5.68. The molecule has 1 aliphatic carbocycles. The summed E-state index contributed by atoms with van der Waals surface area (Å²) >= 11 is 1.65. The average molecular weight is 446 g/mol. The van der Waals surface area contributed by atoms with Crippen LogP contribution in [0.15, 0.2) is 54.0 Å². The number of thiophene rings is 1. The molecule has 2 N–H and O–H groups in total. The van der Waals surface area contributed by atoms with Gasteiger partial charge in [0.1, 0.15) is 17.4 Å². The van der Waals surface area contributed by atoms with Gasteiger partial charge in [0.15, 0.2) is 5.82 Å². The van der Waals surface area contributed by atoms with Gasteiger partial charge in [-0.2, -0.15) is 0 Å². The summed E-state index contributed by atoms with van der Waals surface area (Å²) in [7, 11) is 1.57. The number of amides is 1. The molecule has 5 rings (SSSR count). The van der Waals surface area contributed by atoms with Crippen molar-refractivity contribution in [2.24, 2.45) is 0 Å². The van der Waals surface area contributed by atoms with Crippen LogP contribution in [0.5, 0.6) is 5.75 Å². The smallest absolute Gasteiger partial charge is 0.256 e. The first-order valence-electron chi connectivity index (χ1n) is 10.6. The number of fused-ring (bicyclic) bond motifs is 1. The highest BCUT2D eigenvalue weighted by Gasteiger charge is 2.18. The molecule has 1 aromatic carbocycles. The van der Waals surface area contributed by atoms with E-state index < -0.39 is 0 Å². The van der Waals surface area contributed by atoms with E-state index in [1.54, 1.807) is 55.0 Å². The largest absolute Gasteiger partial charge is 0.497 e. The molecule has 0 bridgehead atoms. The highest BCUT2D eigenvalue weighted by Crippen LogP contribution is 2.32. The fourth-order valence-corrected chi connectivity index (χ4v) is 4.73. The SMILES string of the molecule is COc1cccc(C(=O)Nc2cc(-c3nc(NC4CCCC4)c4sccc4n3)ccn2)c1. The minimum Gasteiger partial charge on any atom is -0.497 e. The van der Waals surface area contributed by atoms with Crippen molar-refractivity contribution >= 4 is 39.1 Å². The van der Waals surface area contributed by atoms with Crippen molar-refractivity contribution in [3.8, 4) is 17.1 Å². The average Bonchev–Trinajstić information content (AvgIpc) is 3.51. The molecule has 0 aliphatic heterocycles. The second-order valence-corrected chi connectivity index (χ2v) is 8.69. The van der Waals surface area contributed by atoms with Crippen LogP contribution in [0.1, 0.15) is 36.0 Å². The molecular formula is C24H23N5O2S. The molecule has 0 saturated heterocycles. The van der Waals surface area contributed by atoms with Crippen molar-refractivity contribution < 1.29 is 9.53 Å². The summed E-state index contributed by atoms with van der Waals surface area (Å²) in [5, 5.41) is 8.51. The Hall–Kier alpha value is -3.52. The lowest BCUT2D eigenvalue weighted by Gasteiger charge is -2.14. The number of pyridine rings is 1. The predicted octanol–water partition coefficient (Wildman–Crippen LogP) is 5.37. The number of benzene rings is 1. The molecule has 162 valence electrons. The predicted molar refractivity (Wildman–Crippen MR) is 127 cm³/mol. The van der Waals surface area contributed by atoms with Crippen LogP contribution in [0.2, 0.25) is 0 Å². The van der Waals surface area contributed by atoms with Gasteiger partial charge >= 0.3 is 0 Å². The van der Waals surface area contributed by atoms with Gasteiger partial charge in [-0.1, -0.05) is 18.9 Å². The molecule has 0 unspecified atom stereocenters. The second kappa shape index (κ2) is 8.92. The van der Waals surface area contributed by atoms with Gasteiger partial charge < -0.3 is 15.4 Å². The first kappa shape index (κ1) is 20.4. The van der Waals surface area contributed by atoms with Crippen molar-refractivity contribution in [2.75, 3.05) is 17.7 Å². The summed E-state index contributed by atoms with van der Waals surface area (Å²) in [4.78, 5) is 26.6. The lowest BCUT2D eigenvalue weighted by Crippen LogP contribution is -2.16. The quantitative estimate of drug-likeness (QED) is 0.415. The third kappa shape index (κ3) is 4.27. The van der Waals surface area contributed by atoms with Gasteiger partial charge in [0.25, 0.3) is 5.91 Å². The maximum Gasteiger partial charge on any atom is 0.256 e. The van der Waals surface area contributed by atoms with Crippen molar-refractivity contribution in [1.29, 1.82) is 0 Å². The summed E-state index contributed by atoms with van der Waals surface area (Å²) in [6.45, 7) is 0. The van der Waals surface area contributed by atoms with Gasteiger partial charge in [-0.25, -0.2) is 15.0 Å². The van der Waals surface area contributed by atoms with E-state index in [2.05, 4.69) is 15.6 Å². The number of hydrogen-bond donors (Lipinski definition) is 2. The molecule has 8 heteroatoms. The molecule has 1 amide bonds. The molecule has 0 atom stereocenters. The van der Waals surface area contributed by atoms with Gasteiger partial charge in [-0.05, 0) is 54.6 Å². The Morgan fingerprint density at radius 3 is 2.84 bits per heavy atom. The Morgan fingerprint density at radius 1 is 1.12 bits per heavy atom. The lowest BCUT2D eigenvalue weighted by molar-refractivity contribution is 0.102. The van der Waals surface area contributed by atoms with E-state index in [-0.39, 0.29) is 5.91 Å². The number of carbonyl (C=O) groups is 1. The van der Waals surface area contributed by atoms with Crippen LogP contribution in [0, 0.1) is 0 Å². The number of methoxy groups -OCH3 is 1. The van der Waals surface area contributed by atoms with E-state index in [1.165, 1.54) is 25.7 Å². The normalized spacial score (nSPS) is 13.9. The van der Waals surface area contributed by atoms with Crippen molar-refractivity contribution in [1.82, 2.24) is 15.0 Å². The number of nitrogens with zero attached hydrogens (tertiary/aromatic N) is 3. The molecule has 7 nitrogen and oxygen atoms in total. The summed E-state index contributed by atoms with van der Waals surface area (Å²) < 4.78 is 6.27. The minimum atomic E-state index is -0.258. The highest BCUT2D eigenvalue weighted by molar-refractivity contribution is 7.17.